The first-order valence-electron chi connectivity index (χ1n) is 6.45. The molecule has 1 aliphatic heterocycles. The summed E-state index contributed by atoms with van der Waals surface area (Å²) in [6, 6.07) is 6.56. The van der Waals surface area contributed by atoms with E-state index in [4.69, 9.17) is 0 Å². The number of nitrogens with zero attached hydrogens (tertiary/aromatic N) is 3. The number of para-hydroxylation sites is 1. The van der Waals surface area contributed by atoms with Crippen LogP contribution in [0.25, 0.3) is 11.3 Å². The van der Waals surface area contributed by atoms with Crippen molar-refractivity contribution in [1.29, 1.82) is 0 Å². The van der Waals surface area contributed by atoms with Gasteiger partial charge in [-0.15, -0.1) is 0 Å². The van der Waals surface area contributed by atoms with Gasteiger partial charge >= 0.3 is 0 Å². The van der Waals surface area contributed by atoms with Crippen molar-refractivity contribution in [3.05, 3.63) is 35.5 Å². The van der Waals surface area contributed by atoms with Gasteiger partial charge in [0.2, 0.25) is 0 Å². The van der Waals surface area contributed by atoms with Crippen LogP contribution >= 0.6 is 0 Å². The Morgan fingerprint density at radius 2 is 2.00 bits per heavy atom. The van der Waals surface area contributed by atoms with Crippen molar-refractivity contribution in [3.63, 3.8) is 0 Å². The van der Waals surface area contributed by atoms with Gasteiger partial charge < -0.3 is 4.90 Å². The Hall–Kier alpha value is -1.77. The van der Waals surface area contributed by atoms with E-state index < -0.39 is 0 Å². The summed E-state index contributed by atoms with van der Waals surface area (Å²) in [5.74, 6) is 0.535. The zero-order valence-corrected chi connectivity index (χ0v) is 11.4. The number of benzene rings is 1. The molecule has 18 heavy (non-hydrogen) atoms. The van der Waals surface area contributed by atoms with E-state index in [1.807, 2.05) is 11.7 Å². The second-order valence-electron chi connectivity index (χ2n) is 5.43. The summed E-state index contributed by atoms with van der Waals surface area (Å²) >= 11 is 0. The van der Waals surface area contributed by atoms with Crippen molar-refractivity contribution < 1.29 is 0 Å². The molecule has 0 bridgehead atoms. The van der Waals surface area contributed by atoms with E-state index in [1.54, 1.807) is 0 Å². The average molecular weight is 241 g/mol. The van der Waals surface area contributed by atoms with Gasteiger partial charge in [-0.3, -0.25) is 4.68 Å². The number of hydrogen-bond donors (Lipinski definition) is 0. The molecule has 0 N–H and O–H groups in total. The highest BCUT2D eigenvalue weighted by molar-refractivity contribution is 5.83. The molecule has 0 atom stereocenters. The van der Waals surface area contributed by atoms with Gasteiger partial charge in [-0.25, -0.2) is 0 Å². The minimum absolute atomic E-state index is 0.535. The Morgan fingerprint density at radius 3 is 2.72 bits per heavy atom. The van der Waals surface area contributed by atoms with Gasteiger partial charge in [0.05, 0.1) is 5.69 Å². The third-order valence-corrected chi connectivity index (χ3v) is 3.64. The lowest BCUT2D eigenvalue weighted by Gasteiger charge is -2.30. The van der Waals surface area contributed by atoms with E-state index in [0.717, 1.165) is 12.2 Å². The van der Waals surface area contributed by atoms with Crippen LogP contribution in [-0.2, 0) is 13.6 Å². The first-order valence-corrected chi connectivity index (χ1v) is 6.45. The second kappa shape index (κ2) is 3.87. The Kier molecular flexibility index (Phi) is 2.44. The number of aryl methyl sites for hydroxylation is 1. The summed E-state index contributed by atoms with van der Waals surface area (Å²) in [6.45, 7) is 5.44. The van der Waals surface area contributed by atoms with Gasteiger partial charge in [0.25, 0.3) is 0 Å². The van der Waals surface area contributed by atoms with E-state index in [1.165, 1.54) is 22.4 Å². The highest BCUT2D eigenvalue weighted by Crippen LogP contribution is 2.41. The fraction of sp³-hybridized carbons (Fsp3) is 0.400. The van der Waals surface area contributed by atoms with Gasteiger partial charge in [-0.1, -0.05) is 32.0 Å². The molecule has 0 radical (unpaired) electrons. The fourth-order valence-electron chi connectivity index (χ4n) is 2.86. The second-order valence-corrected chi connectivity index (χ2v) is 5.43. The van der Waals surface area contributed by atoms with E-state index in [2.05, 4.69) is 55.3 Å². The maximum atomic E-state index is 4.62. The maximum absolute atomic E-state index is 4.62. The van der Waals surface area contributed by atoms with Crippen molar-refractivity contribution in [2.45, 2.75) is 26.3 Å². The van der Waals surface area contributed by atoms with Crippen LogP contribution in [0.4, 0.5) is 5.69 Å². The minimum Gasteiger partial charge on any atom is -0.369 e. The quantitative estimate of drug-likeness (QED) is 0.764. The van der Waals surface area contributed by atoms with Crippen LogP contribution in [0.2, 0.25) is 0 Å². The number of fused-ring (bicyclic) bond motifs is 3. The van der Waals surface area contributed by atoms with E-state index in [9.17, 15) is 0 Å². The number of aromatic nitrogens is 2. The topological polar surface area (TPSA) is 21.1 Å². The normalized spacial score (nSPS) is 13.7. The predicted molar refractivity (Wildman–Crippen MR) is 74.8 cm³/mol. The third kappa shape index (κ3) is 1.54. The lowest BCUT2D eigenvalue weighted by atomic mass is 9.92. The van der Waals surface area contributed by atoms with Gasteiger partial charge in [-0.2, -0.15) is 5.10 Å². The van der Waals surface area contributed by atoms with Crippen molar-refractivity contribution in [3.8, 4) is 11.3 Å². The molecule has 0 saturated heterocycles. The molecule has 0 amide bonds. The highest BCUT2D eigenvalue weighted by atomic mass is 15.3. The van der Waals surface area contributed by atoms with E-state index in [0.29, 0.717) is 5.92 Å². The van der Waals surface area contributed by atoms with Gasteiger partial charge in [-0.05, 0) is 11.5 Å². The Morgan fingerprint density at radius 1 is 1.22 bits per heavy atom. The summed E-state index contributed by atoms with van der Waals surface area (Å²) in [7, 11) is 4.16. The fourth-order valence-corrected chi connectivity index (χ4v) is 2.86. The molecule has 0 saturated carbocycles. The monoisotopic (exact) mass is 241 g/mol. The standard InChI is InChI=1S/C15H19N3/c1-10(2)12-6-5-7-13-14-11(9-18(4)16-14)8-17(3)15(12)13/h5-7,9-10H,8H2,1-4H3. The highest BCUT2D eigenvalue weighted by Gasteiger charge is 2.25. The molecule has 0 unspecified atom stereocenters. The molecule has 3 nitrogen and oxygen atoms in total. The summed E-state index contributed by atoms with van der Waals surface area (Å²) in [6.07, 6.45) is 2.12. The average Bonchev–Trinajstić information content (AvgIpc) is 2.69. The first kappa shape index (κ1) is 11.3. The summed E-state index contributed by atoms with van der Waals surface area (Å²) in [5, 5.41) is 4.62. The lowest BCUT2D eigenvalue weighted by molar-refractivity contribution is 0.770. The van der Waals surface area contributed by atoms with Crippen LogP contribution < -0.4 is 4.90 Å². The van der Waals surface area contributed by atoms with Crippen molar-refractivity contribution in [2.75, 3.05) is 11.9 Å². The first-order chi connectivity index (χ1) is 8.58. The Labute approximate surface area is 108 Å². The lowest BCUT2D eigenvalue weighted by Crippen LogP contribution is -2.22. The number of rotatable bonds is 1. The summed E-state index contributed by atoms with van der Waals surface area (Å²) in [4.78, 5) is 2.34. The zero-order chi connectivity index (χ0) is 12.9. The molecule has 0 fully saturated rings. The number of hydrogen-bond acceptors (Lipinski definition) is 2. The number of anilines is 1. The van der Waals surface area contributed by atoms with Gasteiger partial charge in [0.15, 0.2) is 0 Å². The molecule has 3 rings (SSSR count). The van der Waals surface area contributed by atoms with Crippen LogP contribution in [0.15, 0.2) is 24.4 Å². The largest absolute Gasteiger partial charge is 0.369 e. The molecule has 1 aromatic carbocycles. The molecular formula is C15H19N3. The van der Waals surface area contributed by atoms with Crippen LogP contribution in [0.5, 0.6) is 0 Å². The smallest absolute Gasteiger partial charge is 0.0993 e. The van der Waals surface area contributed by atoms with Gasteiger partial charge in [0, 0.05) is 43.7 Å². The summed E-state index contributed by atoms with van der Waals surface area (Å²) < 4.78 is 1.91. The van der Waals surface area contributed by atoms with Crippen LogP contribution in [0.3, 0.4) is 0 Å². The maximum Gasteiger partial charge on any atom is 0.0993 e. The van der Waals surface area contributed by atoms with Crippen molar-refractivity contribution in [1.82, 2.24) is 9.78 Å². The molecule has 2 aromatic rings. The Bertz CT molecular complexity index is 596. The van der Waals surface area contributed by atoms with Crippen LogP contribution in [0, 0.1) is 0 Å². The molecule has 0 aliphatic carbocycles. The summed E-state index contributed by atoms with van der Waals surface area (Å²) in [5.41, 5.74) is 6.48. The predicted octanol–water partition coefficient (Wildman–Crippen LogP) is 3.16. The van der Waals surface area contributed by atoms with Crippen LogP contribution in [-0.4, -0.2) is 16.8 Å². The third-order valence-electron chi connectivity index (χ3n) is 3.64. The molecule has 2 heterocycles. The van der Waals surface area contributed by atoms with E-state index >= 15 is 0 Å². The molecular weight excluding hydrogens is 222 g/mol. The van der Waals surface area contributed by atoms with Crippen molar-refractivity contribution >= 4 is 5.69 Å². The molecule has 1 aliphatic rings. The molecule has 94 valence electrons. The minimum atomic E-state index is 0.535. The molecule has 3 heteroatoms. The zero-order valence-electron chi connectivity index (χ0n) is 11.4. The molecule has 1 aromatic heterocycles. The Balaban J connectivity index is 2.28. The SMILES string of the molecule is CC(C)c1cccc2c1N(C)Cc1cn(C)nc1-2. The van der Waals surface area contributed by atoms with Crippen molar-refractivity contribution in [2.24, 2.45) is 7.05 Å². The van der Waals surface area contributed by atoms with Crippen LogP contribution in [0.1, 0.15) is 30.9 Å². The molecule has 0 spiro atoms. The van der Waals surface area contributed by atoms with Gasteiger partial charge in [0.1, 0.15) is 0 Å². The van der Waals surface area contributed by atoms with E-state index in [-0.39, 0.29) is 0 Å².